The zero-order valence-corrected chi connectivity index (χ0v) is 5.85. The predicted octanol–water partition coefficient (Wildman–Crippen LogP) is 0.757. The minimum atomic E-state index is 0.0410. The first-order chi connectivity index (χ1) is 3.68. The molecule has 0 aliphatic carbocycles. The summed E-state index contributed by atoms with van der Waals surface area (Å²) in [5.74, 6) is 0. The molecule has 2 heteroatoms. The van der Waals surface area contributed by atoms with Gasteiger partial charge in [-0.25, -0.2) is 5.11 Å². The van der Waals surface area contributed by atoms with Crippen LogP contribution in [0, 0.1) is 0 Å². The topological polar surface area (TPSA) is 23.1 Å². The van der Waals surface area contributed by atoms with Gasteiger partial charge in [0.05, 0.1) is 6.61 Å². The molecule has 0 rings (SSSR count). The first-order valence-corrected chi connectivity index (χ1v) is 2.93. The van der Waals surface area contributed by atoms with Crippen LogP contribution in [-0.2, 0) is 5.11 Å². The number of rotatable bonds is 3. The summed E-state index contributed by atoms with van der Waals surface area (Å²) in [4.78, 5) is 2.05. The molecule has 0 saturated heterocycles. The molecule has 0 aliphatic heterocycles. The average Bonchev–Trinajstić information content (AvgIpc) is 1.67. The molecule has 1 unspecified atom stereocenters. The van der Waals surface area contributed by atoms with Gasteiger partial charge >= 0.3 is 0 Å². The first-order valence-electron chi connectivity index (χ1n) is 2.93. The Kier molecular flexibility index (Phi) is 3.83. The Labute approximate surface area is 51.1 Å². The quantitative estimate of drug-likeness (QED) is 0.534. The SMILES string of the molecule is CC(CC[O])N(C)C. The zero-order chi connectivity index (χ0) is 6.57. The molecule has 2 nitrogen and oxygen atoms in total. The van der Waals surface area contributed by atoms with Crippen molar-refractivity contribution in [3.05, 3.63) is 0 Å². The Hall–Kier alpha value is -0.0800. The fraction of sp³-hybridized carbons (Fsp3) is 1.00. The molecule has 0 aromatic rings. The van der Waals surface area contributed by atoms with Gasteiger partial charge in [0, 0.05) is 6.04 Å². The van der Waals surface area contributed by atoms with Gasteiger partial charge in [-0.2, -0.15) is 0 Å². The molecule has 0 aliphatic rings. The summed E-state index contributed by atoms with van der Waals surface area (Å²) < 4.78 is 0. The van der Waals surface area contributed by atoms with E-state index >= 15 is 0 Å². The van der Waals surface area contributed by atoms with Gasteiger partial charge in [-0.1, -0.05) is 0 Å². The van der Waals surface area contributed by atoms with Crippen molar-refractivity contribution >= 4 is 0 Å². The van der Waals surface area contributed by atoms with Gasteiger partial charge in [-0.05, 0) is 27.4 Å². The molecule has 0 bridgehead atoms. The molecule has 0 spiro atoms. The van der Waals surface area contributed by atoms with Crippen molar-refractivity contribution in [2.24, 2.45) is 0 Å². The molecule has 0 heterocycles. The van der Waals surface area contributed by atoms with E-state index in [4.69, 9.17) is 0 Å². The van der Waals surface area contributed by atoms with E-state index in [0.717, 1.165) is 6.42 Å². The maximum absolute atomic E-state index is 10.0. The normalized spacial score (nSPS) is 14.6. The molecule has 49 valence electrons. The van der Waals surface area contributed by atoms with Crippen LogP contribution in [0.2, 0.25) is 0 Å². The summed E-state index contributed by atoms with van der Waals surface area (Å²) >= 11 is 0. The highest BCUT2D eigenvalue weighted by Gasteiger charge is 2.01. The van der Waals surface area contributed by atoms with Crippen LogP contribution in [0.5, 0.6) is 0 Å². The van der Waals surface area contributed by atoms with Crippen molar-refractivity contribution in [2.45, 2.75) is 19.4 Å². The monoisotopic (exact) mass is 116 g/mol. The standard InChI is InChI=1S/C6H14NO/c1-6(4-5-8)7(2)3/h6H,4-5H2,1-3H3. The predicted molar refractivity (Wildman–Crippen MR) is 33.3 cm³/mol. The van der Waals surface area contributed by atoms with Crippen LogP contribution in [0.25, 0.3) is 0 Å². The molecular formula is C6H14NO. The van der Waals surface area contributed by atoms with E-state index in [2.05, 4.69) is 11.8 Å². The Balaban J connectivity index is 3.17. The highest BCUT2D eigenvalue weighted by molar-refractivity contribution is 4.56. The third-order valence-electron chi connectivity index (χ3n) is 1.42. The second-order valence-electron chi connectivity index (χ2n) is 2.31. The van der Waals surface area contributed by atoms with Crippen molar-refractivity contribution in [1.82, 2.24) is 4.90 Å². The fourth-order valence-corrected chi connectivity index (χ4v) is 0.429. The van der Waals surface area contributed by atoms with E-state index in [1.807, 2.05) is 14.1 Å². The maximum Gasteiger partial charge on any atom is 0.0837 e. The average molecular weight is 116 g/mol. The Morgan fingerprint density at radius 1 is 1.50 bits per heavy atom. The number of hydrogen-bond donors (Lipinski definition) is 0. The lowest BCUT2D eigenvalue weighted by Gasteiger charge is -2.17. The number of nitrogens with zero attached hydrogens (tertiary/aromatic N) is 1. The van der Waals surface area contributed by atoms with Crippen molar-refractivity contribution in [3.63, 3.8) is 0 Å². The van der Waals surface area contributed by atoms with Gasteiger partial charge in [0.2, 0.25) is 0 Å². The van der Waals surface area contributed by atoms with Gasteiger partial charge in [0.1, 0.15) is 0 Å². The first kappa shape index (κ1) is 7.92. The van der Waals surface area contributed by atoms with Crippen LogP contribution in [-0.4, -0.2) is 31.6 Å². The summed E-state index contributed by atoms with van der Waals surface area (Å²) in [5.41, 5.74) is 0. The molecule has 0 aromatic heterocycles. The Bertz CT molecular complexity index is 54.5. The highest BCUT2D eigenvalue weighted by Crippen LogP contribution is 1.95. The largest absolute Gasteiger partial charge is 0.307 e. The summed E-state index contributed by atoms with van der Waals surface area (Å²) in [6, 6.07) is 0.437. The third kappa shape index (κ3) is 2.99. The van der Waals surface area contributed by atoms with Crippen LogP contribution in [0.15, 0.2) is 0 Å². The minimum absolute atomic E-state index is 0.0410. The van der Waals surface area contributed by atoms with Crippen molar-refractivity contribution < 1.29 is 5.11 Å². The Morgan fingerprint density at radius 2 is 2.00 bits per heavy atom. The molecule has 1 atom stereocenters. The molecule has 0 amide bonds. The molecule has 0 fully saturated rings. The molecule has 8 heavy (non-hydrogen) atoms. The maximum atomic E-state index is 10.0. The van der Waals surface area contributed by atoms with Crippen molar-refractivity contribution in [3.8, 4) is 0 Å². The summed E-state index contributed by atoms with van der Waals surface area (Å²) in [6.07, 6.45) is 0.757. The van der Waals surface area contributed by atoms with Crippen LogP contribution in [0.4, 0.5) is 0 Å². The van der Waals surface area contributed by atoms with Gasteiger partial charge in [-0.15, -0.1) is 0 Å². The van der Waals surface area contributed by atoms with E-state index in [-0.39, 0.29) is 6.61 Å². The van der Waals surface area contributed by atoms with Gasteiger partial charge in [0.15, 0.2) is 0 Å². The minimum Gasteiger partial charge on any atom is -0.307 e. The van der Waals surface area contributed by atoms with E-state index < -0.39 is 0 Å². The van der Waals surface area contributed by atoms with Crippen LogP contribution in [0.3, 0.4) is 0 Å². The van der Waals surface area contributed by atoms with E-state index in [0.29, 0.717) is 6.04 Å². The van der Waals surface area contributed by atoms with Crippen LogP contribution >= 0.6 is 0 Å². The van der Waals surface area contributed by atoms with Gasteiger partial charge in [0.25, 0.3) is 0 Å². The summed E-state index contributed by atoms with van der Waals surface area (Å²) in [7, 11) is 3.97. The van der Waals surface area contributed by atoms with Gasteiger partial charge < -0.3 is 4.90 Å². The molecule has 1 radical (unpaired) electrons. The fourth-order valence-electron chi connectivity index (χ4n) is 0.429. The van der Waals surface area contributed by atoms with Crippen LogP contribution < -0.4 is 0 Å². The molecular weight excluding hydrogens is 102 g/mol. The lowest BCUT2D eigenvalue weighted by atomic mass is 10.2. The molecule has 0 N–H and O–H groups in total. The van der Waals surface area contributed by atoms with Crippen molar-refractivity contribution in [2.75, 3.05) is 20.7 Å². The van der Waals surface area contributed by atoms with Crippen molar-refractivity contribution in [1.29, 1.82) is 0 Å². The van der Waals surface area contributed by atoms with Gasteiger partial charge in [-0.3, -0.25) is 0 Å². The second kappa shape index (κ2) is 3.87. The summed E-state index contributed by atoms with van der Waals surface area (Å²) in [5, 5.41) is 10.0. The highest BCUT2D eigenvalue weighted by atomic mass is 16.3. The zero-order valence-electron chi connectivity index (χ0n) is 5.85. The smallest absolute Gasteiger partial charge is 0.0837 e. The second-order valence-corrected chi connectivity index (χ2v) is 2.31. The van der Waals surface area contributed by atoms with E-state index in [1.165, 1.54) is 0 Å². The Morgan fingerprint density at radius 3 is 2.12 bits per heavy atom. The molecule has 0 aromatic carbocycles. The van der Waals surface area contributed by atoms with Crippen LogP contribution in [0.1, 0.15) is 13.3 Å². The third-order valence-corrected chi connectivity index (χ3v) is 1.42. The van der Waals surface area contributed by atoms with E-state index in [1.54, 1.807) is 0 Å². The lowest BCUT2D eigenvalue weighted by Crippen LogP contribution is -2.25. The molecule has 0 saturated carbocycles. The van der Waals surface area contributed by atoms with E-state index in [9.17, 15) is 5.11 Å². The number of hydrogen-bond acceptors (Lipinski definition) is 1. The lowest BCUT2D eigenvalue weighted by molar-refractivity contribution is 0.156. The summed E-state index contributed by atoms with van der Waals surface area (Å²) in [6.45, 7) is 2.09.